The van der Waals surface area contributed by atoms with Crippen LogP contribution in [0.25, 0.3) is 11.1 Å². The lowest BCUT2D eigenvalue weighted by Crippen LogP contribution is -2.44. The average molecular weight is 446 g/mol. The summed E-state index contributed by atoms with van der Waals surface area (Å²) in [5, 5.41) is 6.97. The first-order valence-electron chi connectivity index (χ1n) is 11.4. The van der Waals surface area contributed by atoms with Crippen molar-refractivity contribution in [1.82, 2.24) is 25.0 Å². The Morgan fingerprint density at radius 2 is 1.94 bits per heavy atom. The summed E-state index contributed by atoms with van der Waals surface area (Å²) in [5.74, 6) is 0.0278. The third-order valence-corrected chi connectivity index (χ3v) is 6.63. The topological polar surface area (TPSA) is 80.1 Å². The highest BCUT2D eigenvalue weighted by atomic mass is 16.2. The lowest BCUT2D eigenvalue weighted by atomic mass is 9.79. The number of likely N-dealkylation sites (tertiary alicyclic amines) is 1. The van der Waals surface area contributed by atoms with E-state index in [2.05, 4.69) is 64.8 Å². The van der Waals surface area contributed by atoms with E-state index in [-0.39, 0.29) is 17.9 Å². The molecule has 0 bridgehead atoms. The minimum absolute atomic E-state index is 0.0112. The van der Waals surface area contributed by atoms with Gasteiger partial charge in [-0.3, -0.25) is 9.59 Å². The van der Waals surface area contributed by atoms with Crippen LogP contribution in [0.15, 0.2) is 61.2 Å². The Kier molecular flexibility index (Phi) is 6.58. The van der Waals surface area contributed by atoms with Crippen LogP contribution in [-0.4, -0.2) is 51.6 Å². The van der Waals surface area contributed by atoms with Crippen LogP contribution in [-0.2, 0) is 16.0 Å². The summed E-state index contributed by atoms with van der Waals surface area (Å²) >= 11 is 0. The van der Waals surface area contributed by atoms with Gasteiger partial charge in [0.2, 0.25) is 11.8 Å². The SMILES string of the molecule is CNC(=O)[C@]1(Cc2cccc(-c3ccc(C)cc3)c2)CCN(C(=O)C[C@H](C)n2cncn2)C1. The van der Waals surface area contributed by atoms with Crippen molar-refractivity contribution in [2.75, 3.05) is 20.1 Å². The van der Waals surface area contributed by atoms with Gasteiger partial charge in [-0.2, -0.15) is 5.10 Å². The molecule has 1 aliphatic heterocycles. The number of aryl methyl sites for hydroxylation is 1. The quantitative estimate of drug-likeness (QED) is 0.604. The van der Waals surface area contributed by atoms with Gasteiger partial charge in [0.15, 0.2) is 0 Å². The van der Waals surface area contributed by atoms with Gasteiger partial charge in [0.25, 0.3) is 0 Å². The van der Waals surface area contributed by atoms with Crippen molar-refractivity contribution in [2.24, 2.45) is 5.41 Å². The van der Waals surface area contributed by atoms with Crippen molar-refractivity contribution in [2.45, 2.75) is 39.2 Å². The largest absolute Gasteiger partial charge is 0.359 e. The average Bonchev–Trinajstić information content (AvgIpc) is 3.50. The fraction of sp³-hybridized carbons (Fsp3) is 0.385. The molecule has 4 rings (SSSR count). The summed E-state index contributed by atoms with van der Waals surface area (Å²) in [4.78, 5) is 31.8. The maximum absolute atomic E-state index is 13.0. The molecule has 1 aliphatic rings. The third-order valence-electron chi connectivity index (χ3n) is 6.63. The zero-order valence-electron chi connectivity index (χ0n) is 19.5. The molecule has 2 atom stereocenters. The fourth-order valence-electron chi connectivity index (χ4n) is 4.68. The highest BCUT2D eigenvalue weighted by molar-refractivity contribution is 5.85. The Morgan fingerprint density at radius 1 is 1.15 bits per heavy atom. The van der Waals surface area contributed by atoms with E-state index in [1.165, 1.54) is 11.9 Å². The Labute approximate surface area is 194 Å². The van der Waals surface area contributed by atoms with Gasteiger partial charge in [-0.05, 0) is 43.4 Å². The molecule has 33 heavy (non-hydrogen) atoms. The van der Waals surface area contributed by atoms with Gasteiger partial charge in [0.05, 0.1) is 11.5 Å². The summed E-state index contributed by atoms with van der Waals surface area (Å²) < 4.78 is 1.69. The van der Waals surface area contributed by atoms with E-state index in [0.717, 1.165) is 16.7 Å². The van der Waals surface area contributed by atoms with Crippen LogP contribution in [0.2, 0.25) is 0 Å². The number of rotatable bonds is 7. The Balaban J connectivity index is 1.50. The molecule has 1 saturated heterocycles. The number of nitrogens with one attached hydrogen (secondary N) is 1. The zero-order valence-corrected chi connectivity index (χ0v) is 19.5. The minimum Gasteiger partial charge on any atom is -0.359 e. The van der Waals surface area contributed by atoms with E-state index in [1.807, 2.05) is 17.9 Å². The Bertz CT molecular complexity index is 1110. The van der Waals surface area contributed by atoms with Gasteiger partial charge >= 0.3 is 0 Å². The zero-order chi connectivity index (χ0) is 23.4. The molecule has 1 fully saturated rings. The number of hydrogen-bond donors (Lipinski definition) is 1. The maximum Gasteiger partial charge on any atom is 0.228 e. The molecule has 7 nitrogen and oxygen atoms in total. The lowest BCUT2D eigenvalue weighted by molar-refractivity contribution is -0.133. The van der Waals surface area contributed by atoms with Gasteiger partial charge in [0, 0.05) is 26.6 Å². The lowest BCUT2D eigenvalue weighted by Gasteiger charge is -2.28. The van der Waals surface area contributed by atoms with Crippen LogP contribution in [0.1, 0.15) is 36.9 Å². The second kappa shape index (κ2) is 9.57. The summed E-state index contributed by atoms with van der Waals surface area (Å²) in [7, 11) is 1.67. The van der Waals surface area contributed by atoms with E-state index < -0.39 is 5.41 Å². The molecule has 0 radical (unpaired) electrons. The Hall–Kier alpha value is -3.48. The predicted molar refractivity (Wildman–Crippen MR) is 127 cm³/mol. The van der Waals surface area contributed by atoms with Crippen LogP contribution in [0.4, 0.5) is 0 Å². The first-order valence-corrected chi connectivity index (χ1v) is 11.4. The van der Waals surface area contributed by atoms with Crippen LogP contribution in [0.3, 0.4) is 0 Å². The third kappa shape index (κ3) is 4.97. The maximum atomic E-state index is 13.0. The van der Waals surface area contributed by atoms with Crippen molar-refractivity contribution < 1.29 is 9.59 Å². The molecule has 0 aliphatic carbocycles. The molecule has 2 heterocycles. The van der Waals surface area contributed by atoms with Gasteiger partial charge in [-0.1, -0.05) is 54.1 Å². The van der Waals surface area contributed by atoms with Crippen molar-refractivity contribution in [3.63, 3.8) is 0 Å². The smallest absolute Gasteiger partial charge is 0.228 e. The molecular weight excluding hydrogens is 414 g/mol. The second-order valence-corrected chi connectivity index (χ2v) is 9.10. The van der Waals surface area contributed by atoms with Crippen molar-refractivity contribution in [3.8, 4) is 11.1 Å². The molecule has 2 aromatic carbocycles. The van der Waals surface area contributed by atoms with Crippen molar-refractivity contribution in [1.29, 1.82) is 0 Å². The van der Waals surface area contributed by atoms with Crippen LogP contribution in [0.5, 0.6) is 0 Å². The Morgan fingerprint density at radius 3 is 2.64 bits per heavy atom. The van der Waals surface area contributed by atoms with E-state index >= 15 is 0 Å². The normalized spacial score (nSPS) is 18.8. The number of nitrogens with zero attached hydrogens (tertiary/aromatic N) is 4. The number of amides is 2. The second-order valence-electron chi connectivity index (χ2n) is 9.10. The van der Waals surface area contributed by atoms with E-state index in [4.69, 9.17) is 0 Å². The first kappa shape index (κ1) is 22.7. The number of aromatic nitrogens is 3. The van der Waals surface area contributed by atoms with Crippen molar-refractivity contribution in [3.05, 3.63) is 72.3 Å². The van der Waals surface area contributed by atoms with Crippen LogP contribution < -0.4 is 5.32 Å². The summed E-state index contributed by atoms with van der Waals surface area (Å²) in [6.07, 6.45) is 4.66. The van der Waals surface area contributed by atoms with Crippen molar-refractivity contribution >= 4 is 11.8 Å². The molecule has 3 aromatic rings. The molecule has 0 unspecified atom stereocenters. The van der Waals surface area contributed by atoms with Gasteiger partial charge < -0.3 is 10.2 Å². The van der Waals surface area contributed by atoms with Crippen LogP contribution >= 0.6 is 0 Å². The molecule has 1 aromatic heterocycles. The summed E-state index contributed by atoms with van der Waals surface area (Å²) in [5.41, 5.74) is 3.98. The van der Waals surface area contributed by atoms with Gasteiger partial charge in [-0.15, -0.1) is 0 Å². The van der Waals surface area contributed by atoms with Gasteiger partial charge in [0.1, 0.15) is 12.7 Å². The molecule has 0 spiro atoms. The number of carbonyl (C=O) groups excluding carboxylic acids is 2. The molecule has 2 amide bonds. The monoisotopic (exact) mass is 445 g/mol. The van der Waals surface area contributed by atoms with Crippen LogP contribution in [0, 0.1) is 12.3 Å². The molecule has 172 valence electrons. The minimum atomic E-state index is -0.632. The first-order chi connectivity index (χ1) is 15.9. The highest BCUT2D eigenvalue weighted by Gasteiger charge is 2.45. The molecule has 0 saturated carbocycles. The number of benzene rings is 2. The molecule has 1 N–H and O–H groups in total. The number of carbonyl (C=O) groups is 2. The number of hydrogen-bond acceptors (Lipinski definition) is 4. The molecular formula is C26H31N5O2. The van der Waals surface area contributed by atoms with Gasteiger partial charge in [-0.25, -0.2) is 9.67 Å². The molecule has 7 heteroatoms. The standard InChI is InChI=1S/C26H31N5O2/c1-19-7-9-22(10-8-19)23-6-4-5-21(14-23)15-26(25(33)27-3)11-12-30(16-26)24(32)13-20(2)31-18-28-17-29-31/h4-10,14,17-18,20H,11-13,15-16H2,1-3H3,(H,27,33)/t20-,26-/m0/s1. The summed E-state index contributed by atoms with van der Waals surface area (Å²) in [6.45, 7) is 5.02. The van der Waals surface area contributed by atoms with E-state index in [9.17, 15) is 9.59 Å². The van der Waals surface area contributed by atoms with E-state index in [0.29, 0.717) is 32.4 Å². The van der Waals surface area contributed by atoms with E-state index in [1.54, 1.807) is 18.1 Å². The fourth-order valence-corrected chi connectivity index (χ4v) is 4.68. The highest BCUT2D eigenvalue weighted by Crippen LogP contribution is 2.36. The predicted octanol–water partition coefficient (Wildman–Crippen LogP) is 3.41. The summed E-state index contributed by atoms with van der Waals surface area (Å²) in [6, 6.07) is 16.7.